The number of likely N-dealkylation sites (tertiary alicyclic amines) is 1. The van der Waals surface area contributed by atoms with Crippen LogP contribution < -0.4 is 14.8 Å². The molecule has 3 fully saturated rings. The molecular formula is C29H36N4O5. The molecule has 2 heterocycles. The average Bonchev–Trinajstić information content (AvgIpc) is 3.75. The molecule has 0 aromatic heterocycles. The Morgan fingerprint density at radius 1 is 0.895 bits per heavy atom. The van der Waals surface area contributed by atoms with E-state index in [1.807, 2.05) is 9.80 Å². The second-order valence-electron chi connectivity index (χ2n) is 10.2. The van der Waals surface area contributed by atoms with Gasteiger partial charge in [-0.05, 0) is 74.7 Å². The Bertz CT molecular complexity index is 1160. The lowest BCUT2D eigenvalue weighted by Crippen LogP contribution is -2.48. The zero-order chi connectivity index (χ0) is 26.6. The molecular weight excluding hydrogens is 484 g/mol. The first-order chi connectivity index (χ1) is 18.5. The second kappa shape index (κ2) is 11.4. The summed E-state index contributed by atoms with van der Waals surface area (Å²) in [5.41, 5.74) is 1.05. The van der Waals surface area contributed by atoms with Crippen LogP contribution >= 0.6 is 0 Å². The van der Waals surface area contributed by atoms with Crippen LogP contribution in [0.4, 0.5) is 0 Å². The van der Waals surface area contributed by atoms with Gasteiger partial charge in [-0.1, -0.05) is 6.07 Å². The van der Waals surface area contributed by atoms with Crippen LogP contribution in [0, 0.1) is 0 Å². The van der Waals surface area contributed by atoms with E-state index in [0.29, 0.717) is 48.7 Å². The first-order valence-electron chi connectivity index (χ1n) is 13.4. The molecule has 3 amide bonds. The van der Waals surface area contributed by atoms with Crippen molar-refractivity contribution in [1.82, 2.24) is 20.0 Å². The molecule has 2 aromatic rings. The summed E-state index contributed by atoms with van der Waals surface area (Å²) in [5, 5.41) is 3.34. The molecule has 5 rings (SSSR count). The normalized spacial score (nSPS) is 21.5. The number of hydrogen-bond donors (Lipinski definition) is 1. The number of carbonyl (C=O) groups is 3. The molecule has 2 aliphatic heterocycles. The van der Waals surface area contributed by atoms with Crippen molar-refractivity contribution in [2.45, 2.75) is 43.8 Å². The number of carbonyl (C=O) groups excluding carboxylic acids is 3. The molecule has 9 heteroatoms. The van der Waals surface area contributed by atoms with Gasteiger partial charge in [0, 0.05) is 43.3 Å². The van der Waals surface area contributed by atoms with Gasteiger partial charge < -0.3 is 29.5 Å². The Kier molecular flexibility index (Phi) is 7.83. The Hall–Kier alpha value is -3.59. The third kappa shape index (κ3) is 5.48. The van der Waals surface area contributed by atoms with E-state index >= 15 is 0 Å². The number of hydrogen-bond acceptors (Lipinski definition) is 6. The van der Waals surface area contributed by atoms with Gasteiger partial charge in [0.1, 0.15) is 17.5 Å². The number of benzene rings is 2. The van der Waals surface area contributed by atoms with Crippen LogP contribution in [-0.4, -0.2) is 97.5 Å². The maximum absolute atomic E-state index is 13.8. The summed E-state index contributed by atoms with van der Waals surface area (Å²) in [4.78, 5) is 46.9. The molecule has 9 nitrogen and oxygen atoms in total. The van der Waals surface area contributed by atoms with Crippen molar-refractivity contribution >= 4 is 17.7 Å². The van der Waals surface area contributed by atoms with Gasteiger partial charge in [0.05, 0.1) is 20.3 Å². The van der Waals surface area contributed by atoms with Gasteiger partial charge in [-0.3, -0.25) is 14.4 Å². The minimum Gasteiger partial charge on any atom is -0.497 e. The van der Waals surface area contributed by atoms with Gasteiger partial charge in [-0.2, -0.15) is 0 Å². The highest BCUT2D eigenvalue weighted by atomic mass is 16.5. The maximum Gasteiger partial charge on any atom is 0.254 e. The quantitative estimate of drug-likeness (QED) is 0.603. The minimum absolute atomic E-state index is 0.0416. The Balaban J connectivity index is 1.43. The molecule has 2 atom stereocenters. The number of nitrogens with zero attached hydrogens (tertiary/aromatic N) is 3. The van der Waals surface area contributed by atoms with E-state index in [2.05, 4.69) is 5.32 Å². The highest BCUT2D eigenvalue weighted by molar-refractivity contribution is 5.99. The van der Waals surface area contributed by atoms with E-state index < -0.39 is 6.04 Å². The summed E-state index contributed by atoms with van der Waals surface area (Å²) in [6.45, 7) is 3.19. The number of ether oxygens (including phenoxy) is 2. The summed E-state index contributed by atoms with van der Waals surface area (Å²) in [7, 11) is 3.16. The first-order valence-corrected chi connectivity index (χ1v) is 13.4. The van der Waals surface area contributed by atoms with E-state index in [1.54, 1.807) is 67.7 Å². The molecule has 0 radical (unpaired) electrons. The van der Waals surface area contributed by atoms with Crippen molar-refractivity contribution in [3.8, 4) is 11.5 Å². The molecule has 1 aliphatic carbocycles. The van der Waals surface area contributed by atoms with Crippen LogP contribution in [0.2, 0.25) is 0 Å². The van der Waals surface area contributed by atoms with Gasteiger partial charge in [0.2, 0.25) is 5.91 Å². The number of rotatable bonds is 7. The predicted octanol–water partition coefficient (Wildman–Crippen LogP) is 2.41. The summed E-state index contributed by atoms with van der Waals surface area (Å²) in [6.07, 6.45) is 3.16. The summed E-state index contributed by atoms with van der Waals surface area (Å²) >= 11 is 0. The highest BCUT2D eigenvalue weighted by Crippen LogP contribution is 2.36. The fraction of sp³-hybridized carbons (Fsp3) is 0.483. The monoisotopic (exact) mass is 520 g/mol. The van der Waals surface area contributed by atoms with E-state index in [1.165, 1.54) is 0 Å². The Morgan fingerprint density at radius 2 is 1.66 bits per heavy atom. The zero-order valence-electron chi connectivity index (χ0n) is 22.1. The molecule has 38 heavy (non-hydrogen) atoms. The lowest BCUT2D eigenvalue weighted by molar-refractivity contribution is -0.135. The van der Waals surface area contributed by atoms with Crippen LogP contribution in [0.25, 0.3) is 0 Å². The molecule has 1 N–H and O–H groups in total. The Morgan fingerprint density at radius 3 is 2.37 bits per heavy atom. The summed E-state index contributed by atoms with van der Waals surface area (Å²) in [5.74, 6) is 0.946. The van der Waals surface area contributed by atoms with Gasteiger partial charge in [0.15, 0.2) is 0 Å². The second-order valence-corrected chi connectivity index (χ2v) is 10.2. The largest absolute Gasteiger partial charge is 0.497 e. The van der Waals surface area contributed by atoms with Crippen molar-refractivity contribution in [3.05, 3.63) is 59.7 Å². The van der Waals surface area contributed by atoms with Crippen molar-refractivity contribution in [1.29, 1.82) is 0 Å². The lowest BCUT2D eigenvalue weighted by Gasteiger charge is -2.29. The minimum atomic E-state index is -0.623. The molecule has 0 spiro atoms. The van der Waals surface area contributed by atoms with Crippen LogP contribution in [-0.2, 0) is 4.79 Å². The standard InChI is InChI=1S/C29H36N4O5/c1-37-24-11-7-20(8-12-24)28(35)33(22-9-10-22)23-18-26(29(36)31-15-4-13-30-14-16-31)32(19-23)27(34)21-5-3-6-25(17-21)38-2/h3,5-8,11-12,17,22-23,26,30H,4,9-10,13-16,18-19H2,1-2H3. The van der Waals surface area contributed by atoms with E-state index in [-0.39, 0.29) is 29.8 Å². The van der Waals surface area contributed by atoms with Crippen LogP contribution in [0.1, 0.15) is 46.4 Å². The molecule has 202 valence electrons. The van der Waals surface area contributed by atoms with Gasteiger partial charge in [0.25, 0.3) is 11.8 Å². The molecule has 2 saturated heterocycles. The lowest BCUT2D eigenvalue weighted by atomic mass is 10.1. The van der Waals surface area contributed by atoms with Crippen molar-refractivity contribution in [2.24, 2.45) is 0 Å². The molecule has 1 saturated carbocycles. The third-order valence-electron chi connectivity index (χ3n) is 7.70. The maximum atomic E-state index is 13.8. The van der Waals surface area contributed by atoms with Gasteiger partial charge in [-0.25, -0.2) is 0 Å². The number of nitrogens with one attached hydrogen (secondary N) is 1. The fourth-order valence-electron chi connectivity index (χ4n) is 5.54. The average molecular weight is 521 g/mol. The van der Waals surface area contributed by atoms with E-state index in [9.17, 15) is 14.4 Å². The molecule has 2 unspecified atom stereocenters. The molecule has 3 aliphatic rings. The number of amides is 3. The highest BCUT2D eigenvalue weighted by Gasteiger charge is 2.48. The van der Waals surface area contributed by atoms with E-state index in [4.69, 9.17) is 9.47 Å². The first kappa shape index (κ1) is 26.0. The van der Waals surface area contributed by atoms with Crippen molar-refractivity contribution in [3.63, 3.8) is 0 Å². The number of methoxy groups -OCH3 is 2. The van der Waals surface area contributed by atoms with Crippen molar-refractivity contribution in [2.75, 3.05) is 46.9 Å². The zero-order valence-corrected chi connectivity index (χ0v) is 22.1. The topological polar surface area (TPSA) is 91.4 Å². The predicted molar refractivity (Wildman–Crippen MR) is 142 cm³/mol. The van der Waals surface area contributed by atoms with Crippen molar-refractivity contribution < 1.29 is 23.9 Å². The van der Waals surface area contributed by atoms with Crippen LogP contribution in [0.5, 0.6) is 11.5 Å². The molecule has 0 bridgehead atoms. The van der Waals surface area contributed by atoms with Gasteiger partial charge in [-0.15, -0.1) is 0 Å². The van der Waals surface area contributed by atoms with E-state index in [0.717, 1.165) is 32.4 Å². The summed E-state index contributed by atoms with van der Waals surface area (Å²) in [6, 6.07) is 13.4. The summed E-state index contributed by atoms with van der Waals surface area (Å²) < 4.78 is 10.6. The van der Waals surface area contributed by atoms with Crippen LogP contribution in [0.15, 0.2) is 48.5 Å². The Labute approximate surface area is 223 Å². The van der Waals surface area contributed by atoms with Gasteiger partial charge >= 0.3 is 0 Å². The third-order valence-corrected chi connectivity index (χ3v) is 7.70. The smallest absolute Gasteiger partial charge is 0.254 e. The van der Waals surface area contributed by atoms with Crippen LogP contribution in [0.3, 0.4) is 0 Å². The SMILES string of the molecule is COc1ccc(C(=O)N(C2CC2)C2CC(C(=O)N3CCCNCC3)N(C(=O)c3cccc(OC)c3)C2)cc1. The fourth-order valence-corrected chi connectivity index (χ4v) is 5.54. The molecule has 2 aromatic carbocycles.